The number of hydrogen-bond acceptors (Lipinski definition) is 5. The van der Waals surface area contributed by atoms with Crippen molar-refractivity contribution >= 4 is 17.7 Å². The third-order valence-electron chi connectivity index (χ3n) is 10.4. The van der Waals surface area contributed by atoms with E-state index in [-0.39, 0.29) is 41.9 Å². The summed E-state index contributed by atoms with van der Waals surface area (Å²) in [6, 6.07) is 1.48. The van der Waals surface area contributed by atoms with Gasteiger partial charge in [-0.2, -0.15) is 0 Å². The highest BCUT2D eigenvalue weighted by Gasteiger charge is 2.46. The zero-order chi connectivity index (χ0) is 36.6. The average Bonchev–Trinajstić information content (AvgIpc) is 3.51. The SMILES string of the molecule is CCCCCCCCCCCCCCCC(C(=O)NC(CC(CC(=O)O)c1[nH]ccc1C(=O)C1OC(C)(C)OCC1(C)C)C(C)C)C(C)C. The fourth-order valence-electron chi connectivity index (χ4n) is 7.15. The molecule has 0 spiro atoms. The van der Waals surface area contributed by atoms with Crippen molar-refractivity contribution in [3.05, 3.63) is 23.5 Å². The van der Waals surface area contributed by atoms with Gasteiger partial charge in [-0.05, 0) is 44.6 Å². The Morgan fingerprint density at radius 1 is 0.878 bits per heavy atom. The van der Waals surface area contributed by atoms with Crippen LogP contribution >= 0.6 is 0 Å². The molecule has 0 radical (unpaired) electrons. The highest BCUT2D eigenvalue weighted by Crippen LogP contribution is 2.38. The van der Waals surface area contributed by atoms with Crippen LogP contribution in [0.2, 0.25) is 0 Å². The Hall–Kier alpha value is -2.19. The van der Waals surface area contributed by atoms with Crippen LogP contribution in [0.1, 0.15) is 187 Å². The second-order valence-electron chi connectivity index (χ2n) is 16.6. The summed E-state index contributed by atoms with van der Waals surface area (Å²) >= 11 is 0. The van der Waals surface area contributed by atoms with Crippen LogP contribution in [0.4, 0.5) is 0 Å². The Morgan fingerprint density at radius 3 is 1.94 bits per heavy atom. The van der Waals surface area contributed by atoms with E-state index in [0.29, 0.717) is 24.3 Å². The molecule has 4 atom stereocenters. The lowest BCUT2D eigenvalue weighted by Gasteiger charge is -2.45. The number of aliphatic carboxylic acids is 1. The molecule has 0 saturated carbocycles. The molecule has 1 saturated heterocycles. The maximum Gasteiger partial charge on any atom is 0.304 e. The number of carbonyl (C=O) groups is 3. The number of nitrogens with one attached hydrogen (secondary N) is 2. The number of aromatic nitrogens is 1. The van der Waals surface area contributed by atoms with E-state index in [0.717, 1.165) is 19.3 Å². The molecule has 1 fully saturated rings. The third-order valence-corrected chi connectivity index (χ3v) is 10.4. The third kappa shape index (κ3) is 14.9. The lowest BCUT2D eigenvalue weighted by molar-refractivity contribution is -0.298. The van der Waals surface area contributed by atoms with Crippen LogP contribution in [0.3, 0.4) is 0 Å². The standard InChI is InChI=1S/C41H72N2O6/c1-10-11-12-13-14-15-16-17-18-19-20-21-22-23-32(29(2)3)39(47)43-34(30(4)5)26-31(27-35(44)45)36-33(24-25-42-36)37(46)38-40(6,7)28-48-41(8,9)49-38/h24-25,29-32,34,38,42H,10-23,26-28H2,1-9H3,(H,43,47)(H,44,45). The highest BCUT2D eigenvalue weighted by atomic mass is 16.7. The van der Waals surface area contributed by atoms with Crippen molar-refractivity contribution < 1.29 is 29.0 Å². The Balaban J connectivity index is 1.99. The fraction of sp³-hybridized carbons (Fsp3) is 0.829. The number of unbranched alkanes of at least 4 members (excludes halogenated alkanes) is 12. The van der Waals surface area contributed by atoms with E-state index in [1.165, 1.54) is 70.6 Å². The molecule has 1 aliphatic rings. The minimum Gasteiger partial charge on any atom is -0.481 e. The predicted octanol–water partition coefficient (Wildman–Crippen LogP) is 10.2. The molecule has 3 N–H and O–H groups in total. The average molecular weight is 689 g/mol. The molecule has 0 aromatic carbocycles. The maximum absolute atomic E-state index is 14.0. The Bertz CT molecular complexity index is 1120. The van der Waals surface area contributed by atoms with E-state index in [1.54, 1.807) is 26.1 Å². The summed E-state index contributed by atoms with van der Waals surface area (Å²) in [5, 5.41) is 13.3. The van der Waals surface area contributed by atoms with Crippen molar-refractivity contribution in [3.63, 3.8) is 0 Å². The molecule has 0 aliphatic carbocycles. The molecule has 282 valence electrons. The number of ketones is 1. The first-order valence-corrected chi connectivity index (χ1v) is 19.6. The van der Waals surface area contributed by atoms with Gasteiger partial charge in [0.2, 0.25) is 5.91 Å². The first-order chi connectivity index (χ1) is 23.1. The number of H-pyrrole nitrogens is 1. The Kier molecular flexibility index (Phi) is 18.6. The van der Waals surface area contributed by atoms with E-state index in [9.17, 15) is 19.5 Å². The first kappa shape index (κ1) is 43.0. The lowest BCUT2D eigenvalue weighted by atomic mass is 9.80. The summed E-state index contributed by atoms with van der Waals surface area (Å²) < 4.78 is 12.0. The van der Waals surface area contributed by atoms with E-state index in [2.05, 4.69) is 44.9 Å². The van der Waals surface area contributed by atoms with Gasteiger partial charge >= 0.3 is 5.97 Å². The van der Waals surface area contributed by atoms with Crippen LogP contribution in [0.15, 0.2) is 12.3 Å². The first-order valence-electron chi connectivity index (χ1n) is 19.6. The van der Waals surface area contributed by atoms with Gasteiger partial charge in [0.15, 0.2) is 11.6 Å². The molecule has 1 aromatic heterocycles. The van der Waals surface area contributed by atoms with Gasteiger partial charge in [-0.1, -0.05) is 132 Å². The number of amides is 1. The molecule has 4 unspecified atom stereocenters. The van der Waals surface area contributed by atoms with Gasteiger partial charge in [0.1, 0.15) is 6.10 Å². The van der Waals surface area contributed by atoms with Gasteiger partial charge in [-0.25, -0.2) is 0 Å². The Labute approximate surface area is 298 Å². The molecule has 49 heavy (non-hydrogen) atoms. The van der Waals surface area contributed by atoms with Crippen molar-refractivity contribution in [2.24, 2.45) is 23.2 Å². The molecule has 1 amide bonds. The van der Waals surface area contributed by atoms with Crippen LogP contribution in [-0.4, -0.2) is 52.3 Å². The zero-order valence-electron chi connectivity index (χ0n) is 32.6. The fourth-order valence-corrected chi connectivity index (χ4v) is 7.15. The van der Waals surface area contributed by atoms with Crippen LogP contribution in [-0.2, 0) is 19.1 Å². The number of carboxylic acids is 1. The normalized spacial score (nSPS) is 19.1. The number of rotatable bonds is 25. The lowest BCUT2D eigenvalue weighted by Crippen LogP contribution is -2.53. The van der Waals surface area contributed by atoms with Crippen molar-refractivity contribution in [2.45, 2.75) is 189 Å². The summed E-state index contributed by atoms with van der Waals surface area (Å²) in [5.74, 6) is -2.28. The van der Waals surface area contributed by atoms with Gasteiger partial charge in [0.25, 0.3) is 0 Å². The van der Waals surface area contributed by atoms with Crippen LogP contribution in [0.5, 0.6) is 0 Å². The number of carboxylic acid groups (broad SMARTS) is 1. The number of Topliss-reactive ketones (excluding diaryl/α,β-unsaturated/α-hetero) is 1. The van der Waals surface area contributed by atoms with Gasteiger partial charge in [0.05, 0.1) is 13.0 Å². The van der Waals surface area contributed by atoms with E-state index >= 15 is 0 Å². The smallest absolute Gasteiger partial charge is 0.304 e. The summed E-state index contributed by atoms with van der Waals surface area (Å²) in [7, 11) is 0. The zero-order valence-corrected chi connectivity index (χ0v) is 32.6. The van der Waals surface area contributed by atoms with E-state index in [4.69, 9.17) is 9.47 Å². The minimum atomic E-state index is -0.946. The second kappa shape index (κ2) is 21.2. The predicted molar refractivity (Wildman–Crippen MR) is 199 cm³/mol. The summed E-state index contributed by atoms with van der Waals surface area (Å²) in [5.41, 5.74) is 0.471. The van der Waals surface area contributed by atoms with Gasteiger partial charge in [-0.15, -0.1) is 0 Å². The van der Waals surface area contributed by atoms with Gasteiger partial charge in [0, 0.05) is 40.7 Å². The molecule has 8 nitrogen and oxygen atoms in total. The largest absolute Gasteiger partial charge is 0.481 e. The molecule has 2 rings (SSSR count). The second-order valence-corrected chi connectivity index (χ2v) is 16.6. The topological polar surface area (TPSA) is 118 Å². The molecule has 8 heteroatoms. The minimum absolute atomic E-state index is 0.0454. The quantitative estimate of drug-likeness (QED) is 0.0695. The number of aromatic amines is 1. The van der Waals surface area contributed by atoms with Crippen molar-refractivity contribution in [3.8, 4) is 0 Å². The van der Waals surface area contributed by atoms with Crippen molar-refractivity contribution in [1.82, 2.24) is 10.3 Å². The maximum atomic E-state index is 14.0. The molecule has 2 heterocycles. The van der Waals surface area contributed by atoms with E-state index < -0.39 is 29.2 Å². The molecule has 1 aliphatic heterocycles. The van der Waals surface area contributed by atoms with Crippen LogP contribution < -0.4 is 5.32 Å². The van der Waals surface area contributed by atoms with Crippen LogP contribution in [0.25, 0.3) is 0 Å². The highest BCUT2D eigenvalue weighted by molar-refractivity contribution is 6.01. The Morgan fingerprint density at radius 2 is 1.43 bits per heavy atom. The van der Waals surface area contributed by atoms with E-state index in [1.807, 2.05) is 13.8 Å². The summed E-state index contributed by atoms with van der Waals surface area (Å²) in [4.78, 5) is 43.0. The summed E-state index contributed by atoms with van der Waals surface area (Å²) in [6.07, 6.45) is 18.9. The monoisotopic (exact) mass is 689 g/mol. The van der Waals surface area contributed by atoms with Crippen molar-refractivity contribution in [1.29, 1.82) is 0 Å². The van der Waals surface area contributed by atoms with Crippen molar-refractivity contribution in [2.75, 3.05) is 6.61 Å². The molecular formula is C41H72N2O6. The number of hydrogen-bond donors (Lipinski definition) is 3. The van der Waals surface area contributed by atoms with Crippen LogP contribution in [0, 0.1) is 23.2 Å². The van der Waals surface area contributed by atoms with Gasteiger partial charge in [-0.3, -0.25) is 14.4 Å². The van der Waals surface area contributed by atoms with Gasteiger partial charge < -0.3 is 24.9 Å². The molecule has 1 aromatic rings. The number of ether oxygens (including phenoxy) is 2. The number of carbonyl (C=O) groups excluding carboxylic acids is 2. The molecule has 0 bridgehead atoms. The summed E-state index contributed by atoms with van der Waals surface area (Å²) in [6.45, 7) is 18.5. The molecular weight excluding hydrogens is 616 g/mol.